The van der Waals surface area contributed by atoms with Crippen LogP contribution in [0.2, 0.25) is 0 Å². The zero-order valence-electron chi connectivity index (χ0n) is 13.3. The number of nitrogens with one attached hydrogen (secondary N) is 1. The van der Waals surface area contributed by atoms with E-state index in [0.29, 0.717) is 6.54 Å². The minimum atomic E-state index is -1.05. The highest BCUT2D eigenvalue weighted by atomic mass is 79.9. The Bertz CT molecular complexity index is 649. The molecule has 2 amide bonds. The van der Waals surface area contributed by atoms with Gasteiger partial charge >= 0.3 is 5.97 Å². The lowest BCUT2D eigenvalue weighted by molar-refractivity contribution is -0.142. The van der Waals surface area contributed by atoms with E-state index < -0.39 is 18.5 Å². The van der Waals surface area contributed by atoms with E-state index in [1.165, 1.54) is 0 Å². The molecule has 0 bridgehead atoms. The molecule has 130 valence electrons. The number of carbonyl (C=O) groups excluding carboxylic acids is 2. The summed E-state index contributed by atoms with van der Waals surface area (Å²) < 4.78 is 5.81. The van der Waals surface area contributed by atoms with Crippen LogP contribution < -0.4 is 10.2 Å². The average Bonchev–Trinajstić information content (AvgIpc) is 2.91. The van der Waals surface area contributed by atoms with Crippen molar-refractivity contribution in [3.63, 3.8) is 0 Å². The molecular weight excluding hydrogens is 380 g/mol. The fraction of sp³-hybridized carbons (Fsp3) is 0.438. The van der Waals surface area contributed by atoms with Crippen molar-refractivity contribution in [1.82, 2.24) is 5.32 Å². The summed E-state index contributed by atoms with van der Waals surface area (Å²) in [5.41, 5.74) is 1.80. The summed E-state index contributed by atoms with van der Waals surface area (Å²) in [5.74, 6) is -1.78. The number of hydrogen-bond donors (Lipinski definition) is 2. The van der Waals surface area contributed by atoms with Gasteiger partial charge in [-0.3, -0.25) is 9.59 Å². The molecule has 2 N–H and O–H groups in total. The molecule has 1 heterocycles. The highest BCUT2D eigenvalue weighted by Crippen LogP contribution is 2.28. The van der Waals surface area contributed by atoms with Gasteiger partial charge < -0.3 is 20.1 Å². The molecule has 24 heavy (non-hydrogen) atoms. The number of aryl methyl sites for hydroxylation is 1. The van der Waals surface area contributed by atoms with Crippen LogP contribution in [-0.2, 0) is 19.1 Å². The van der Waals surface area contributed by atoms with Crippen molar-refractivity contribution in [2.75, 3.05) is 31.2 Å². The van der Waals surface area contributed by atoms with E-state index in [1.54, 1.807) is 4.90 Å². The fourth-order valence-corrected chi connectivity index (χ4v) is 2.73. The summed E-state index contributed by atoms with van der Waals surface area (Å²) in [7, 11) is 0. The molecule has 1 aliphatic heterocycles. The van der Waals surface area contributed by atoms with Crippen LogP contribution in [0.4, 0.5) is 5.69 Å². The van der Waals surface area contributed by atoms with Crippen LogP contribution in [-0.4, -0.2) is 49.2 Å². The third-order valence-electron chi connectivity index (χ3n) is 3.72. The van der Waals surface area contributed by atoms with Gasteiger partial charge in [-0.1, -0.05) is 15.9 Å². The molecular formula is C16H19BrN2O5. The quantitative estimate of drug-likeness (QED) is 0.675. The standard InChI is InChI=1S/C16H19BrN2O5/c1-10-6-12(2-3-13(10)17)19-8-11(7-14(19)20)16(23)18-4-5-24-9-15(21)22/h2-3,6,11H,4-5,7-9H2,1H3,(H,18,23)(H,21,22). The monoisotopic (exact) mass is 398 g/mol. The first kappa shape index (κ1) is 18.4. The molecule has 1 aliphatic rings. The van der Waals surface area contributed by atoms with Crippen LogP contribution in [0.1, 0.15) is 12.0 Å². The van der Waals surface area contributed by atoms with Crippen molar-refractivity contribution < 1.29 is 24.2 Å². The van der Waals surface area contributed by atoms with Gasteiger partial charge in [-0.2, -0.15) is 0 Å². The predicted octanol–water partition coefficient (Wildman–Crippen LogP) is 1.33. The van der Waals surface area contributed by atoms with Gasteiger partial charge in [-0.15, -0.1) is 0 Å². The first-order chi connectivity index (χ1) is 11.4. The number of rotatable bonds is 7. The number of carbonyl (C=O) groups is 3. The molecule has 0 aromatic heterocycles. The number of nitrogens with zero attached hydrogens (tertiary/aromatic N) is 1. The van der Waals surface area contributed by atoms with Crippen LogP contribution in [0.3, 0.4) is 0 Å². The van der Waals surface area contributed by atoms with Crippen molar-refractivity contribution >= 4 is 39.4 Å². The molecule has 0 spiro atoms. The van der Waals surface area contributed by atoms with E-state index >= 15 is 0 Å². The lowest BCUT2D eigenvalue weighted by Gasteiger charge is -2.17. The summed E-state index contributed by atoms with van der Waals surface area (Å²) in [5, 5.41) is 11.1. The number of carboxylic acids is 1. The minimum absolute atomic E-state index is 0.0843. The third-order valence-corrected chi connectivity index (χ3v) is 4.61. The molecule has 1 atom stereocenters. The Hall–Kier alpha value is -1.93. The zero-order valence-corrected chi connectivity index (χ0v) is 14.8. The third kappa shape index (κ3) is 4.78. The topological polar surface area (TPSA) is 95.9 Å². The second-order valence-electron chi connectivity index (χ2n) is 5.58. The van der Waals surface area contributed by atoms with E-state index in [0.717, 1.165) is 15.7 Å². The Morgan fingerprint density at radius 2 is 2.21 bits per heavy atom. The number of hydrogen-bond acceptors (Lipinski definition) is 4. The van der Waals surface area contributed by atoms with E-state index in [9.17, 15) is 14.4 Å². The molecule has 1 fully saturated rings. The fourth-order valence-electron chi connectivity index (χ4n) is 2.48. The average molecular weight is 399 g/mol. The van der Waals surface area contributed by atoms with Gasteiger partial charge in [0.05, 0.1) is 12.5 Å². The number of halogens is 1. The molecule has 1 aromatic rings. The first-order valence-corrected chi connectivity index (χ1v) is 8.31. The minimum Gasteiger partial charge on any atom is -0.480 e. The number of anilines is 1. The molecule has 8 heteroatoms. The van der Waals surface area contributed by atoms with Crippen molar-refractivity contribution in [2.24, 2.45) is 5.92 Å². The summed E-state index contributed by atoms with van der Waals surface area (Å²) in [6, 6.07) is 5.63. The highest BCUT2D eigenvalue weighted by Gasteiger charge is 2.35. The second kappa shape index (κ2) is 8.25. The van der Waals surface area contributed by atoms with E-state index in [1.807, 2.05) is 25.1 Å². The van der Waals surface area contributed by atoms with Crippen molar-refractivity contribution in [2.45, 2.75) is 13.3 Å². The number of ether oxygens (including phenoxy) is 1. The van der Waals surface area contributed by atoms with Crippen LogP contribution in [0.5, 0.6) is 0 Å². The van der Waals surface area contributed by atoms with Gasteiger partial charge in [0.2, 0.25) is 11.8 Å². The molecule has 1 aromatic carbocycles. The van der Waals surface area contributed by atoms with Crippen molar-refractivity contribution in [3.8, 4) is 0 Å². The highest BCUT2D eigenvalue weighted by molar-refractivity contribution is 9.10. The summed E-state index contributed by atoms with van der Waals surface area (Å²) in [6.45, 7) is 2.22. The van der Waals surface area contributed by atoms with Gasteiger partial charge in [0.1, 0.15) is 6.61 Å². The van der Waals surface area contributed by atoms with E-state index in [2.05, 4.69) is 21.2 Å². The van der Waals surface area contributed by atoms with Crippen LogP contribution in [0.25, 0.3) is 0 Å². The number of benzene rings is 1. The lowest BCUT2D eigenvalue weighted by atomic mass is 10.1. The van der Waals surface area contributed by atoms with Crippen LogP contribution in [0, 0.1) is 12.8 Å². The number of aliphatic carboxylic acids is 1. The van der Waals surface area contributed by atoms with Crippen LogP contribution in [0.15, 0.2) is 22.7 Å². The van der Waals surface area contributed by atoms with Crippen LogP contribution >= 0.6 is 15.9 Å². The number of carboxylic acid groups (broad SMARTS) is 1. The molecule has 0 radical (unpaired) electrons. The van der Waals surface area contributed by atoms with Gasteiger partial charge in [-0.25, -0.2) is 4.79 Å². The summed E-state index contributed by atoms with van der Waals surface area (Å²) in [4.78, 5) is 36.2. The van der Waals surface area contributed by atoms with E-state index in [4.69, 9.17) is 9.84 Å². The zero-order chi connectivity index (χ0) is 17.7. The molecule has 1 saturated heterocycles. The Labute approximate surface area is 148 Å². The molecule has 0 aliphatic carbocycles. The van der Waals surface area contributed by atoms with Crippen molar-refractivity contribution in [3.05, 3.63) is 28.2 Å². The van der Waals surface area contributed by atoms with Crippen molar-refractivity contribution in [1.29, 1.82) is 0 Å². The van der Waals surface area contributed by atoms with Gasteiger partial charge in [0, 0.05) is 29.7 Å². The Morgan fingerprint density at radius 1 is 1.46 bits per heavy atom. The van der Waals surface area contributed by atoms with Gasteiger partial charge in [0.15, 0.2) is 0 Å². The largest absolute Gasteiger partial charge is 0.480 e. The maximum absolute atomic E-state index is 12.2. The normalized spacial score (nSPS) is 17.2. The van der Waals surface area contributed by atoms with Gasteiger partial charge in [0.25, 0.3) is 0 Å². The Kier molecular flexibility index (Phi) is 6.33. The maximum Gasteiger partial charge on any atom is 0.329 e. The second-order valence-corrected chi connectivity index (χ2v) is 6.43. The Morgan fingerprint density at radius 3 is 2.88 bits per heavy atom. The molecule has 1 unspecified atom stereocenters. The molecule has 7 nitrogen and oxygen atoms in total. The Balaban J connectivity index is 1.86. The SMILES string of the molecule is Cc1cc(N2CC(C(=O)NCCOCC(=O)O)CC2=O)ccc1Br. The summed E-state index contributed by atoms with van der Waals surface area (Å²) >= 11 is 3.42. The molecule has 0 saturated carbocycles. The van der Waals surface area contributed by atoms with E-state index in [-0.39, 0.29) is 31.4 Å². The lowest BCUT2D eigenvalue weighted by Crippen LogP contribution is -2.35. The maximum atomic E-state index is 12.2. The number of amides is 2. The first-order valence-electron chi connectivity index (χ1n) is 7.52. The van der Waals surface area contributed by atoms with Gasteiger partial charge in [-0.05, 0) is 30.7 Å². The summed E-state index contributed by atoms with van der Waals surface area (Å²) in [6.07, 6.45) is 0.164. The smallest absolute Gasteiger partial charge is 0.329 e. The molecule has 2 rings (SSSR count). The predicted molar refractivity (Wildman–Crippen MR) is 90.8 cm³/mol.